The van der Waals surface area contributed by atoms with Crippen LogP contribution in [0.15, 0.2) is 42.5 Å². The van der Waals surface area contributed by atoms with Gasteiger partial charge in [-0.2, -0.15) is 0 Å². The van der Waals surface area contributed by atoms with E-state index in [1.807, 2.05) is 6.07 Å². The number of nitrogens with one attached hydrogen (secondary N) is 1. The second-order valence-electron chi connectivity index (χ2n) is 6.10. The molecule has 1 heterocycles. The molecule has 1 atom stereocenters. The van der Waals surface area contributed by atoms with E-state index in [4.69, 9.17) is 18.9 Å². The minimum absolute atomic E-state index is 0.0897. The van der Waals surface area contributed by atoms with Crippen LogP contribution < -0.4 is 19.5 Å². The summed E-state index contributed by atoms with van der Waals surface area (Å²) >= 11 is 0. The number of amides is 1. The number of nitro benzene ring substituents is 1. The number of nitrogens with zero attached hydrogens (tertiary/aromatic N) is 1. The van der Waals surface area contributed by atoms with E-state index in [1.54, 1.807) is 19.1 Å². The van der Waals surface area contributed by atoms with Crippen LogP contribution in [0.5, 0.6) is 17.2 Å². The van der Waals surface area contributed by atoms with Crippen LogP contribution in [0, 0.1) is 10.1 Å². The van der Waals surface area contributed by atoms with Gasteiger partial charge in [0.1, 0.15) is 5.75 Å². The zero-order valence-electron chi connectivity index (χ0n) is 15.5. The molecule has 0 fully saturated rings. The van der Waals surface area contributed by atoms with E-state index in [9.17, 15) is 19.7 Å². The number of hydrogen-bond donors (Lipinski definition) is 1. The van der Waals surface area contributed by atoms with E-state index in [1.165, 1.54) is 24.3 Å². The smallest absolute Gasteiger partial charge is 0.344 e. The van der Waals surface area contributed by atoms with E-state index >= 15 is 0 Å². The normalized spacial score (nSPS) is 12.7. The van der Waals surface area contributed by atoms with Gasteiger partial charge in [-0.25, -0.2) is 4.79 Å². The Labute approximate surface area is 165 Å². The topological polar surface area (TPSA) is 126 Å². The Kier molecular flexibility index (Phi) is 6.12. The lowest BCUT2D eigenvalue weighted by molar-refractivity contribution is -0.384. The first kappa shape index (κ1) is 19.9. The summed E-state index contributed by atoms with van der Waals surface area (Å²) < 4.78 is 20.6. The summed E-state index contributed by atoms with van der Waals surface area (Å²) in [5.74, 6) is 0.314. The lowest BCUT2D eigenvalue weighted by Crippen LogP contribution is -2.31. The fourth-order valence-electron chi connectivity index (χ4n) is 2.54. The molecule has 1 aliphatic heterocycles. The summed E-state index contributed by atoms with van der Waals surface area (Å²) in [4.78, 5) is 33.7. The molecule has 152 valence electrons. The van der Waals surface area contributed by atoms with Gasteiger partial charge in [0, 0.05) is 12.1 Å². The van der Waals surface area contributed by atoms with Gasteiger partial charge in [0.05, 0.1) is 11.0 Å². The molecule has 0 bridgehead atoms. The van der Waals surface area contributed by atoms with Crippen molar-refractivity contribution in [1.82, 2.24) is 5.32 Å². The molecule has 0 aliphatic carbocycles. The van der Waals surface area contributed by atoms with E-state index in [-0.39, 0.29) is 24.3 Å². The second-order valence-corrected chi connectivity index (χ2v) is 6.10. The highest BCUT2D eigenvalue weighted by Crippen LogP contribution is 2.34. The van der Waals surface area contributed by atoms with Crippen LogP contribution in [-0.4, -0.2) is 36.8 Å². The van der Waals surface area contributed by atoms with Gasteiger partial charge < -0.3 is 24.3 Å². The van der Waals surface area contributed by atoms with E-state index in [2.05, 4.69) is 5.32 Å². The van der Waals surface area contributed by atoms with Crippen molar-refractivity contribution in [3.05, 3.63) is 58.1 Å². The number of carbonyl (C=O) groups excluding carboxylic acids is 2. The maximum absolute atomic E-state index is 12.0. The van der Waals surface area contributed by atoms with Gasteiger partial charge in [0.2, 0.25) is 6.79 Å². The average molecular weight is 402 g/mol. The SMILES string of the molecule is C[C@@H](NC(=O)COC(=O)COc1ccc([N+](=O)[O-])cc1)c1ccc2c(c1)OCO2. The predicted molar refractivity (Wildman–Crippen MR) is 98.7 cm³/mol. The van der Waals surface area contributed by atoms with Gasteiger partial charge in [-0.15, -0.1) is 0 Å². The average Bonchev–Trinajstić information content (AvgIpc) is 3.18. The highest BCUT2D eigenvalue weighted by Gasteiger charge is 2.17. The lowest BCUT2D eigenvalue weighted by atomic mass is 10.1. The van der Waals surface area contributed by atoms with Crippen molar-refractivity contribution in [2.24, 2.45) is 0 Å². The standard InChI is InChI=1S/C19H18N2O8/c1-12(13-2-7-16-17(8-13)29-11-28-16)20-18(22)9-27-19(23)10-26-15-5-3-14(4-6-15)21(24)25/h2-8,12H,9-11H2,1H3,(H,20,22)/t12-/m1/s1. The van der Waals surface area contributed by atoms with Crippen molar-refractivity contribution in [2.45, 2.75) is 13.0 Å². The summed E-state index contributed by atoms with van der Waals surface area (Å²) in [5.41, 5.74) is 0.726. The summed E-state index contributed by atoms with van der Waals surface area (Å²) in [6.45, 7) is 1.06. The molecule has 10 nitrogen and oxygen atoms in total. The molecule has 0 radical (unpaired) electrons. The molecule has 10 heteroatoms. The lowest BCUT2D eigenvalue weighted by Gasteiger charge is -2.15. The Morgan fingerprint density at radius 1 is 1.14 bits per heavy atom. The van der Waals surface area contributed by atoms with E-state index < -0.39 is 30.0 Å². The number of esters is 1. The quantitative estimate of drug-likeness (QED) is 0.404. The van der Waals surface area contributed by atoms with Gasteiger partial charge in [0.25, 0.3) is 11.6 Å². The first-order valence-corrected chi connectivity index (χ1v) is 8.64. The number of carbonyl (C=O) groups is 2. The van der Waals surface area contributed by atoms with E-state index in [0.717, 1.165) is 5.56 Å². The highest BCUT2D eigenvalue weighted by molar-refractivity contribution is 5.81. The largest absolute Gasteiger partial charge is 0.482 e. The number of nitro groups is 1. The van der Waals surface area contributed by atoms with Crippen molar-refractivity contribution >= 4 is 17.6 Å². The Morgan fingerprint density at radius 2 is 1.86 bits per heavy atom. The zero-order valence-corrected chi connectivity index (χ0v) is 15.5. The van der Waals surface area contributed by atoms with Crippen LogP contribution in [0.1, 0.15) is 18.5 Å². The van der Waals surface area contributed by atoms with Crippen LogP contribution in [0.3, 0.4) is 0 Å². The van der Waals surface area contributed by atoms with Crippen LogP contribution in [0.2, 0.25) is 0 Å². The van der Waals surface area contributed by atoms with Crippen LogP contribution in [0.25, 0.3) is 0 Å². The van der Waals surface area contributed by atoms with Crippen molar-refractivity contribution in [2.75, 3.05) is 20.0 Å². The van der Waals surface area contributed by atoms with Crippen LogP contribution in [0.4, 0.5) is 5.69 Å². The first-order chi connectivity index (χ1) is 13.9. The minimum Gasteiger partial charge on any atom is -0.482 e. The zero-order chi connectivity index (χ0) is 20.8. The number of non-ortho nitro benzene ring substituents is 1. The van der Waals surface area contributed by atoms with Gasteiger partial charge in [0.15, 0.2) is 24.7 Å². The van der Waals surface area contributed by atoms with Crippen LogP contribution in [-0.2, 0) is 14.3 Å². The Morgan fingerprint density at radius 3 is 2.59 bits per heavy atom. The summed E-state index contributed by atoms with van der Waals surface area (Å²) in [7, 11) is 0. The molecule has 2 aromatic rings. The molecule has 0 saturated heterocycles. The number of benzene rings is 2. The van der Waals surface area contributed by atoms with Crippen molar-refractivity contribution in [3.8, 4) is 17.2 Å². The molecule has 1 amide bonds. The fraction of sp³-hybridized carbons (Fsp3) is 0.263. The maximum atomic E-state index is 12.0. The molecule has 1 aliphatic rings. The third kappa shape index (κ3) is 5.34. The summed E-state index contributed by atoms with van der Waals surface area (Å²) in [6.07, 6.45) is 0. The second kappa shape index (κ2) is 8.91. The van der Waals surface area contributed by atoms with Gasteiger partial charge in [-0.05, 0) is 36.8 Å². The molecular weight excluding hydrogens is 384 g/mol. The fourth-order valence-corrected chi connectivity index (χ4v) is 2.54. The van der Waals surface area contributed by atoms with Crippen molar-refractivity contribution in [1.29, 1.82) is 0 Å². The molecule has 1 N–H and O–H groups in total. The third-order valence-corrected chi connectivity index (χ3v) is 4.04. The Balaban J connectivity index is 1.40. The molecule has 0 spiro atoms. The molecule has 2 aromatic carbocycles. The summed E-state index contributed by atoms with van der Waals surface area (Å²) in [5, 5.41) is 13.3. The van der Waals surface area contributed by atoms with Crippen LogP contribution >= 0.6 is 0 Å². The van der Waals surface area contributed by atoms with Gasteiger partial charge in [-0.3, -0.25) is 14.9 Å². The molecule has 0 unspecified atom stereocenters. The molecule has 0 aromatic heterocycles. The Hall–Kier alpha value is -3.82. The minimum atomic E-state index is -0.741. The van der Waals surface area contributed by atoms with Gasteiger partial charge >= 0.3 is 5.97 Å². The number of hydrogen-bond acceptors (Lipinski definition) is 8. The molecule has 0 saturated carbocycles. The number of ether oxygens (including phenoxy) is 4. The summed E-state index contributed by atoms with van der Waals surface area (Å²) in [6, 6.07) is 10.3. The number of fused-ring (bicyclic) bond motifs is 1. The predicted octanol–water partition coefficient (Wildman–Crippen LogP) is 2.12. The monoisotopic (exact) mass is 402 g/mol. The first-order valence-electron chi connectivity index (χ1n) is 8.64. The highest BCUT2D eigenvalue weighted by atomic mass is 16.7. The number of rotatable bonds is 8. The molecule has 3 rings (SSSR count). The maximum Gasteiger partial charge on any atom is 0.344 e. The van der Waals surface area contributed by atoms with Crippen molar-refractivity contribution < 1.29 is 33.5 Å². The molecular formula is C19H18N2O8. The third-order valence-electron chi connectivity index (χ3n) is 4.04. The molecule has 29 heavy (non-hydrogen) atoms. The van der Waals surface area contributed by atoms with Crippen molar-refractivity contribution in [3.63, 3.8) is 0 Å². The van der Waals surface area contributed by atoms with Gasteiger partial charge in [-0.1, -0.05) is 6.07 Å². The Bertz CT molecular complexity index is 913. The van der Waals surface area contributed by atoms with E-state index in [0.29, 0.717) is 11.5 Å².